The van der Waals surface area contributed by atoms with E-state index < -0.39 is 5.97 Å². The van der Waals surface area contributed by atoms with Crippen molar-refractivity contribution in [1.29, 1.82) is 0 Å². The van der Waals surface area contributed by atoms with Gasteiger partial charge in [-0.05, 0) is 35.1 Å². The van der Waals surface area contributed by atoms with Crippen LogP contribution in [0.2, 0.25) is 0 Å². The van der Waals surface area contributed by atoms with Crippen molar-refractivity contribution in [2.24, 2.45) is 0 Å². The van der Waals surface area contributed by atoms with Crippen molar-refractivity contribution in [3.63, 3.8) is 0 Å². The quantitative estimate of drug-likeness (QED) is 0.601. The summed E-state index contributed by atoms with van der Waals surface area (Å²) >= 11 is 1.51. The zero-order chi connectivity index (χ0) is 22.1. The summed E-state index contributed by atoms with van der Waals surface area (Å²) in [4.78, 5) is 29.9. The number of amides is 1. The summed E-state index contributed by atoms with van der Waals surface area (Å²) in [5.74, 6) is -0.543. The molecule has 1 aromatic heterocycles. The molecule has 1 aliphatic carbocycles. The summed E-state index contributed by atoms with van der Waals surface area (Å²) in [7, 11) is 0. The lowest BCUT2D eigenvalue weighted by atomic mass is 9.97. The van der Waals surface area contributed by atoms with E-state index in [4.69, 9.17) is 9.84 Å². The van der Waals surface area contributed by atoms with Crippen molar-refractivity contribution in [2.45, 2.75) is 31.1 Å². The molecule has 1 N–H and O–H groups in total. The van der Waals surface area contributed by atoms with Gasteiger partial charge in [0.2, 0.25) is 0 Å². The summed E-state index contributed by atoms with van der Waals surface area (Å²) in [6.07, 6.45) is 1.31. The molecule has 0 radical (unpaired) electrons. The predicted octanol–water partition coefficient (Wildman–Crippen LogP) is 4.90. The molecule has 2 heterocycles. The minimum atomic E-state index is -0.869. The molecule has 0 unspecified atom stereocenters. The molecule has 0 bridgehead atoms. The second kappa shape index (κ2) is 8.74. The lowest BCUT2D eigenvalue weighted by Crippen LogP contribution is -2.38. The number of carboxylic acid groups (broad SMARTS) is 1. The number of nitrogens with zero attached hydrogens (tertiary/aromatic N) is 2. The van der Waals surface area contributed by atoms with Crippen molar-refractivity contribution in [1.82, 2.24) is 9.88 Å². The second-order valence-corrected chi connectivity index (χ2v) is 9.20. The lowest BCUT2D eigenvalue weighted by molar-refractivity contribution is -0.136. The van der Waals surface area contributed by atoms with Crippen LogP contribution in [0.4, 0.5) is 4.79 Å². The Hall–Kier alpha value is -3.19. The van der Waals surface area contributed by atoms with Gasteiger partial charge < -0.3 is 14.7 Å². The number of aromatic nitrogens is 1. The topological polar surface area (TPSA) is 79.7 Å². The summed E-state index contributed by atoms with van der Waals surface area (Å²) in [6, 6.07) is 16.6. The monoisotopic (exact) mass is 448 g/mol. The van der Waals surface area contributed by atoms with E-state index in [0.29, 0.717) is 25.4 Å². The predicted molar refractivity (Wildman–Crippen MR) is 122 cm³/mol. The molecule has 164 valence electrons. The van der Waals surface area contributed by atoms with E-state index in [1.165, 1.54) is 33.6 Å². The first-order chi connectivity index (χ1) is 15.6. The minimum Gasteiger partial charge on any atom is -0.481 e. The van der Waals surface area contributed by atoms with Crippen LogP contribution in [0.5, 0.6) is 0 Å². The largest absolute Gasteiger partial charge is 0.481 e. The fourth-order valence-electron chi connectivity index (χ4n) is 4.74. The van der Waals surface area contributed by atoms with Crippen LogP contribution in [0.25, 0.3) is 11.1 Å². The molecule has 1 aliphatic heterocycles. The normalized spacial score (nSPS) is 15.9. The van der Waals surface area contributed by atoms with Crippen LogP contribution in [-0.4, -0.2) is 46.7 Å². The molecular formula is C25H24N2O4S. The third-order valence-electron chi connectivity index (χ3n) is 6.34. The number of rotatable bonds is 5. The molecule has 7 heteroatoms. The summed E-state index contributed by atoms with van der Waals surface area (Å²) in [6.45, 7) is 1.57. The van der Waals surface area contributed by atoms with E-state index in [2.05, 4.69) is 29.2 Å². The van der Waals surface area contributed by atoms with Gasteiger partial charge in [-0.3, -0.25) is 4.79 Å². The Morgan fingerprint density at radius 1 is 1.03 bits per heavy atom. The molecule has 6 nitrogen and oxygen atoms in total. The number of hydrogen-bond donors (Lipinski definition) is 1. The third kappa shape index (κ3) is 4.00. The molecule has 1 saturated heterocycles. The molecule has 0 saturated carbocycles. The van der Waals surface area contributed by atoms with E-state index in [0.717, 1.165) is 17.8 Å². The average Bonchev–Trinajstić information content (AvgIpc) is 3.40. The second-order valence-electron chi connectivity index (χ2n) is 8.31. The zero-order valence-electron chi connectivity index (χ0n) is 17.6. The number of carboxylic acids is 1. The van der Waals surface area contributed by atoms with Crippen LogP contribution in [-0.2, 0) is 16.0 Å². The van der Waals surface area contributed by atoms with Crippen molar-refractivity contribution < 1.29 is 19.4 Å². The number of carbonyl (C=O) groups is 2. The number of aliphatic carboxylic acids is 1. The fraction of sp³-hybridized carbons (Fsp3) is 0.320. The number of carbonyl (C=O) groups excluding carboxylic acids is 1. The number of piperidine rings is 1. The first kappa shape index (κ1) is 20.7. The Balaban J connectivity index is 1.18. The summed E-state index contributed by atoms with van der Waals surface area (Å²) < 4.78 is 5.78. The number of ether oxygens (including phenoxy) is 1. The first-order valence-corrected chi connectivity index (χ1v) is 11.7. The highest BCUT2D eigenvalue weighted by Gasteiger charge is 2.31. The summed E-state index contributed by atoms with van der Waals surface area (Å²) in [5, 5.41) is 11.7. The highest BCUT2D eigenvalue weighted by Crippen LogP contribution is 2.44. The zero-order valence-corrected chi connectivity index (χ0v) is 18.4. The molecular weight excluding hydrogens is 424 g/mol. The number of thiazole rings is 1. The van der Waals surface area contributed by atoms with Crippen molar-refractivity contribution >= 4 is 23.4 Å². The van der Waals surface area contributed by atoms with Gasteiger partial charge in [-0.2, -0.15) is 0 Å². The Kier molecular flexibility index (Phi) is 5.66. The van der Waals surface area contributed by atoms with Crippen LogP contribution in [0.15, 0.2) is 53.9 Å². The SMILES string of the molecule is O=C(O)Cc1csc(C2CCN(C(=O)OCC3c4ccccc4-c4ccccc43)CC2)n1. The average molecular weight is 449 g/mol. The fourth-order valence-corrected chi connectivity index (χ4v) is 5.73. The number of fused-ring (bicyclic) bond motifs is 3. The van der Waals surface area contributed by atoms with Crippen LogP contribution >= 0.6 is 11.3 Å². The lowest BCUT2D eigenvalue weighted by Gasteiger charge is -2.30. The maximum Gasteiger partial charge on any atom is 0.409 e. The molecule has 0 atom stereocenters. The van der Waals surface area contributed by atoms with Crippen LogP contribution < -0.4 is 0 Å². The number of hydrogen-bond acceptors (Lipinski definition) is 5. The number of likely N-dealkylation sites (tertiary alicyclic amines) is 1. The van der Waals surface area contributed by atoms with E-state index in [-0.39, 0.29) is 24.3 Å². The molecule has 2 aromatic carbocycles. The summed E-state index contributed by atoms with van der Waals surface area (Å²) in [5.41, 5.74) is 5.46. The highest BCUT2D eigenvalue weighted by atomic mass is 32.1. The van der Waals surface area contributed by atoms with E-state index in [1.54, 1.807) is 4.90 Å². The van der Waals surface area contributed by atoms with Crippen molar-refractivity contribution in [3.05, 3.63) is 75.7 Å². The van der Waals surface area contributed by atoms with Crippen LogP contribution in [0.1, 0.15) is 46.5 Å². The van der Waals surface area contributed by atoms with Gasteiger partial charge in [0, 0.05) is 30.3 Å². The Bertz CT molecular complexity index is 1100. The van der Waals surface area contributed by atoms with Gasteiger partial charge in [0.15, 0.2) is 0 Å². The van der Waals surface area contributed by atoms with Gasteiger partial charge in [-0.25, -0.2) is 9.78 Å². The van der Waals surface area contributed by atoms with Crippen LogP contribution in [0, 0.1) is 0 Å². The third-order valence-corrected chi connectivity index (χ3v) is 7.40. The van der Waals surface area contributed by atoms with E-state index in [9.17, 15) is 9.59 Å². The number of benzene rings is 2. The maximum absolute atomic E-state index is 12.8. The van der Waals surface area contributed by atoms with E-state index >= 15 is 0 Å². The standard InChI is InChI=1S/C25H24N2O4S/c28-23(29)13-17-15-32-24(26-17)16-9-11-27(12-10-16)25(30)31-14-22-20-7-3-1-5-18(20)19-6-2-4-8-21(19)22/h1-8,15-16,22H,9-14H2,(H,28,29). The molecule has 32 heavy (non-hydrogen) atoms. The van der Waals surface area contributed by atoms with Gasteiger partial charge in [-0.1, -0.05) is 48.5 Å². The van der Waals surface area contributed by atoms with Gasteiger partial charge in [0.25, 0.3) is 0 Å². The Morgan fingerprint density at radius 3 is 2.28 bits per heavy atom. The minimum absolute atomic E-state index is 0.0465. The highest BCUT2D eigenvalue weighted by molar-refractivity contribution is 7.09. The molecule has 3 aromatic rings. The van der Waals surface area contributed by atoms with Gasteiger partial charge >= 0.3 is 12.1 Å². The van der Waals surface area contributed by atoms with Crippen molar-refractivity contribution in [3.8, 4) is 11.1 Å². The molecule has 1 fully saturated rings. The van der Waals surface area contributed by atoms with Gasteiger partial charge in [0.05, 0.1) is 17.1 Å². The molecule has 1 amide bonds. The Morgan fingerprint density at radius 2 is 1.66 bits per heavy atom. The van der Waals surface area contributed by atoms with Gasteiger partial charge in [-0.15, -0.1) is 11.3 Å². The molecule has 0 spiro atoms. The van der Waals surface area contributed by atoms with Crippen molar-refractivity contribution in [2.75, 3.05) is 19.7 Å². The molecule has 5 rings (SSSR count). The van der Waals surface area contributed by atoms with E-state index in [1.807, 2.05) is 29.6 Å². The maximum atomic E-state index is 12.8. The smallest absolute Gasteiger partial charge is 0.409 e. The first-order valence-electron chi connectivity index (χ1n) is 10.9. The molecule has 2 aliphatic rings. The van der Waals surface area contributed by atoms with Crippen LogP contribution in [0.3, 0.4) is 0 Å². The van der Waals surface area contributed by atoms with Gasteiger partial charge in [0.1, 0.15) is 6.61 Å². The Labute approximate surface area is 190 Å².